The Morgan fingerprint density at radius 3 is 2.48 bits per heavy atom. The van der Waals surface area contributed by atoms with Crippen molar-refractivity contribution >= 4 is 11.3 Å². The number of hydrogen-bond acceptors (Lipinski definition) is 8. The number of ether oxygens (including phenoxy) is 2. The number of nitrogens with zero attached hydrogens (tertiary/aromatic N) is 4. The van der Waals surface area contributed by atoms with Crippen LogP contribution in [0.15, 0.2) is 22.8 Å². The highest BCUT2D eigenvalue weighted by atomic mass is 16.7. The van der Waals surface area contributed by atoms with Crippen molar-refractivity contribution < 1.29 is 19.2 Å². The lowest BCUT2D eigenvalue weighted by Crippen LogP contribution is -2.33. The van der Waals surface area contributed by atoms with E-state index in [4.69, 9.17) is 9.47 Å². The molecule has 0 bridgehead atoms. The van der Waals surface area contributed by atoms with Crippen LogP contribution < -0.4 is 0 Å². The fourth-order valence-corrected chi connectivity index (χ4v) is 2.99. The Bertz CT molecular complexity index is 886. The predicted octanol–water partition coefficient (Wildman–Crippen LogP) is 1.97. The minimum Gasteiger partial charge on any atom is -0.507 e. The minimum atomic E-state index is -1.32. The summed E-state index contributed by atoms with van der Waals surface area (Å²) in [7, 11) is 0. The van der Waals surface area contributed by atoms with Gasteiger partial charge in [-0.3, -0.25) is 0 Å². The zero-order chi connectivity index (χ0) is 16.0. The first-order valence-corrected chi connectivity index (χ1v) is 7.32. The van der Waals surface area contributed by atoms with Gasteiger partial charge in [-0.05, 0) is 30.2 Å². The number of rotatable bonds is 4. The Morgan fingerprint density at radius 2 is 1.78 bits per heavy atom. The molecule has 0 radical (unpaired) electrons. The van der Waals surface area contributed by atoms with Crippen LogP contribution in [0.5, 0.6) is 5.75 Å². The van der Waals surface area contributed by atoms with Gasteiger partial charge in [-0.25, -0.2) is 14.6 Å². The predicted molar refractivity (Wildman–Crippen MR) is 78.5 cm³/mol. The molecule has 0 saturated heterocycles. The van der Waals surface area contributed by atoms with E-state index in [2.05, 4.69) is 24.9 Å². The van der Waals surface area contributed by atoms with Crippen molar-refractivity contribution in [2.24, 2.45) is 0 Å². The Morgan fingerprint density at radius 1 is 1.09 bits per heavy atom. The van der Waals surface area contributed by atoms with Gasteiger partial charge in [0.05, 0.1) is 5.56 Å². The van der Waals surface area contributed by atoms with Crippen molar-refractivity contribution in [3.8, 4) is 17.0 Å². The molecule has 2 heterocycles. The summed E-state index contributed by atoms with van der Waals surface area (Å²) in [5.74, 6) is -1.26. The van der Waals surface area contributed by atoms with Crippen molar-refractivity contribution in [1.29, 1.82) is 0 Å². The monoisotopic (exact) mass is 314 g/mol. The van der Waals surface area contributed by atoms with E-state index in [0.29, 0.717) is 41.4 Å². The van der Waals surface area contributed by atoms with Crippen molar-refractivity contribution in [3.63, 3.8) is 0 Å². The van der Waals surface area contributed by atoms with Gasteiger partial charge in [-0.15, -0.1) is 0 Å². The molecule has 8 nitrogen and oxygen atoms in total. The molecule has 8 heteroatoms. The van der Waals surface area contributed by atoms with Gasteiger partial charge in [-0.1, -0.05) is 12.1 Å². The number of aromatic hydroxyl groups is 1. The lowest BCUT2D eigenvalue weighted by molar-refractivity contribution is -0.213. The lowest BCUT2D eigenvalue weighted by atomic mass is 10.0. The maximum Gasteiger partial charge on any atom is 0.246 e. The fraction of sp³-hybridized carbons (Fsp3) is 0.333. The van der Waals surface area contributed by atoms with Crippen molar-refractivity contribution in [1.82, 2.24) is 20.3 Å². The standard InChI is InChI=1S/C15H14N4O4/c1-3-21-15(22-4-2)10-8(6-5-7-9(10)20)11-12(15)17-14-13(16-11)18-23-19-14/h5-7,20H,3-4H2,1-2H3. The first-order valence-electron chi connectivity index (χ1n) is 7.32. The zero-order valence-electron chi connectivity index (χ0n) is 12.6. The smallest absolute Gasteiger partial charge is 0.246 e. The second-order valence-electron chi connectivity index (χ2n) is 5.01. The lowest BCUT2D eigenvalue weighted by Gasteiger charge is -2.30. The molecule has 0 spiro atoms. The van der Waals surface area contributed by atoms with E-state index >= 15 is 0 Å². The SMILES string of the molecule is CCOC1(OCC)c2nc3nonc3nc2-c2cccc(O)c21. The van der Waals surface area contributed by atoms with Crippen LogP contribution in [0.2, 0.25) is 0 Å². The number of aromatic nitrogens is 4. The minimum absolute atomic E-state index is 0.0643. The van der Waals surface area contributed by atoms with Gasteiger partial charge in [0.1, 0.15) is 17.1 Å². The number of phenolic OH excluding ortho intramolecular Hbond substituents is 1. The molecule has 0 fully saturated rings. The van der Waals surface area contributed by atoms with Crippen LogP contribution in [0.4, 0.5) is 0 Å². The molecule has 1 N–H and O–H groups in total. The summed E-state index contributed by atoms with van der Waals surface area (Å²) in [6.45, 7) is 4.43. The van der Waals surface area contributed by atoms with Gasteiger partial charge in [-0.2, -0.15) is 0 Å². The van der Waals surface area contributed by atoms with E-state index in [1.165, 1.54) is 0 Å². The largest absolute Gasteiger partial charge is 0.507 e. The third kappa shape index (κ3) is 1.79. The number of hydrogen-bond donors (Lipinski definition) is 1. The summed E-state index contributed by atoms with van der Waals surface area (Å²) in [4.78, 5) is 8.93. The summed E-state index contributed by atoms with van der Waals surface area (Å²) < 4.78 is 16.5. The molecule has 0 amide bonds. The van der Waals surface area contributed by atoms with Crippen molar-refractivity contribution in [2.45, 2.75) is 19.6 Å². The van der Waals surface area contributed by atoms with E-state index in [-0.39, 0.29) is 11.4 Å². The van der Waals surface area contributed by atoms with E-state index in [1.54, 1.807) is 12.1 Å². The Balaban J connectivity index is 2.10. The van der Waals surface area contributed by atoms with E-state index in [9.17, 15) is 5.11 Å². The number of benzene rings is 1. The molecule has 23 heavy (non-hydrogen) atoms. The van der Waals surface area contributed by atoms with Crippen LogP contribution in [0, 0.1) is 0 Å². The van der Waals surface area contributed by atoms with Gasteiger partial charge in [0.25, 0.3) is 0 Å². The molecule has 0 unspecified atom stereocenters. The molecule has 4 rings (SSSR count). The van der Waals surface area contributed by atoms with Crippen molar-refractivity contribution in [2.75, 3.05) is 13.2 Å². The average Bonchev–Trinajstić information content (AvgIpc) is 3.09. The van der Waals surface area contributed by atoms with Crippen LogP contribution in [0.25, 0.3) is 22.6 Å². The molecular formula is C15H14N4O4. The molecule has 1 aliphatic rings. The summed E-state index contributed by atoms with van der Waals surface area (Å²) in [5.41, 5.74) is 2.74. The third-order valence-corrected chi connectivity index (χ3v) is 3.75. The molecule has 0 atom stereocenters. The van der Waals surface area contributed by atoms with Gasteiger partial charge in [0, 0.05) is 18.8 Å². The van der Waals surface area contributed by atoms with E-state index in [0.717, 1.165) is 0 Å². The maximum atomic E-state index is 10.4. The Labute approximate surface area is 131 Å². The van der Waals surface area contributed by atoms with Crippen LogP contribution in [-0.4, -0.2) is 38.6 Å². The second-order valence-corrected chi connectivity index (χ2v) is 5.01. The first kappa shape index (κ1) is 14.0. The third-order valence-electron chi connectivity index (χ3n) is 3.75. The van der Waals surface area contributed by atoms with Crippen LogP contribution in [0.3, 0.4) is 0 Å². The summed E-state index contributed by atoms with van der Waals surface area (Å²) in [5, 5.41) is 17.9. The maximum absolute atomic E-state index is 10.4. The zero-order valence-corrected chi connectivity index (χ0v) is 12.6. The van der Waals surface area contributed by atoms with Gasteiger partial charge >= 0.3 is 0 Å². The summed E-state index contributed by atoms with van der Waals surface area (Å²) in [6, 6.07) is 5.16. The molecule has 3 aromatic rings. The normalized spacial score (nSPS) is 14.9. The summed E-state index contributed by atoms with van der Waals surface area (Å²) >= 11 is 0. The molecule has 0 saturated carbocycles. The highest BCUT2D eigenvalue weighted by Gasteiger charge is 2.50. The molecule has 1 aromatic carbocycles. The van der Waals surface area contributed by atoms with Gasteiger partial charge in [0.15, 0.2) is 0 Å². The van der Waals surface area contributed by atoms with Crippen LogP contribution in [-0.2, 0) is 15.3 Å². The Kier molecular flexibility index (Phi) is 3.03. The number of fused-ring (bicyclic) bond motifs is 4. The topological polar surface area (TPSA) is 103 Å². The number of phenols is 1. The molecule has 0 aliphatic heterocycles. The average molecular weight is 314 g/mol. The fourth-order valence-electron chi connectivity index (χ4n) is 2.99. The highest BCUT2D eigenvalue weighted by molar-refractivity contribution is 5.81. The molecule has 2 aromatic heterocycles. The van der Waals surface area contributed by atoms with Crippen LogP contribution >= 0.6 is 0 Å². The molecule has 1 aliphatic carbocycles. The van der Waals surface area contributed by atoms with Gasteiger partial charge in [0.2, 0.25) is 17.1 Å². The quantitative estimate of drug-likeness (QED) is 0.729. The second kappa shape index (κ2) is 4.97. The first-order chi connectivity index (χ1) is 11.2. The van der Waals surface area contributed by atoms with E-state index < -0.39 is 5.79 Å². The summed E-state index contributed by atoms with van der Waals surface area (Å²) in [6.07, 6.45) is 0. The van der Waals surface area contributed by atoms with Crippen LogP contribution in [0.1, 0.15) is 25.1 Å². The van der Waals surface area contributed by atoms with Crippen molar-refractivity contribution in [3.05, 3.63) is 29.5 Å². The van der Waals surface area contributed by atoms with E-state index in [1.807, 2.05) is 19.9 Å². The van der Waals surface area contributed by atoms with Gasteiger partial charge < -0.3 is 14.6 Å². The molecular weight excluding hydrogens is 300 g/mol. The highest BCUT2D eigenvalue weighted by Crippen LogP contribution is 2.52. The Hall–Kier alpha value is -2.58. The molecule has 118 valence electrons.